The highest BCUT2D eigenvalue weighted by molar-refractivity contribution is 6.08. The summed E-state index contributed by atoms with van der Waals surface area (Å²) in [5, 5.41) is 11.2. The highest BCUT2D eigenvalue weighted by Gasteiger charge is 2.59. The summed E-state index contributed by atoms with van der Waals surface area (Å²) in [6.07, 6.45) is 7.03. The van der Waals surface area contributed by atoms with Gasteiger partial charge in [0, 0.05) is 13.0 Å². The molecule has 1 aliphatic heterocycles. The van der Waals surface area contributed by atoms with E-state index < -0.39 is 5.97 Å². The molecule has 0 aromatic heterocycles. The molecule has 0 spiro atoms. The lowest BCUT2D eigenvalue weighted by Crippen LogP contribution is -2.42. The highest BCUT2D eigenvalue weighted by atomic mass is 16.4. The Labute approximate surface area is 140 Å². The van der Waals surface area contributed by atoms with Crippen LogP contribution in [0.1, 0.15) is 32.1 Å². The largest absolute Gasteiger partial charge is 0.481 e. The first-order chi connectivity index (χ1) is 11.5. The average molecular weight is 334 g/mol. The van der Waals surface area contributed by atoms with Gasteiger partial charge in [0.1, 0.15) is 6.54 Å². The molecule has 2 bridgehead atoms. The van der Waals surface area contributed by atoms with Gasteiger partial charge in [-0.05, 0) is 31.1 Å². The van der Waals surface area contributed by atoms with E-state index in [1.807, 2.05) is 12.2 Å². The third-order valence-electron chi connectivity index (χ3n) is 5.25. The van der Waals surface area contributed by atoms with Crippen molar-refractivity contribution in [2.75, 3.05) is 13.1 Å². The number of unbranched alkanes of at least 4 members (excludes halogenated alkanes) is 2. The SMILES string of the molecule is O=C(O)CCCCCNC(=O)CN1C(=O)C2C3C=CC(C3)[C@@H]2C1=O. The van der Waals surface area contributed by atoms with Crippen molar-refractivity contribution in [3.8, 4) is 0 Å². The van der Waals surface area contributed by atoms with Crippen molar-refractivity contribution in [3.05, 3.63) is 12.2 Å². The summed E-state index contributed by atoms with van der Waals surface area (Å²) in [7, 11) is 0. The summed E-state index contributed by atoms with van der Waals surface area (Å²) in [5.41, 5.74) is 0. The van der Waals surface area contributed by atoms with Gasteiger partial charge in [0.2, 0.25) is 17.7 Å². The fourth-order valence-corrected chi connectivity index (χ4v) is 4.13. The van der Waals surface area contributed by atoms with Crippen LogP contribution in [0.15, 0.2) is 12.2 Å². The van der Waals surface area contributed by atoms with Crippen molar-refractivity contribution >= 4 is 23.7 Å². The van der Waals surface area contributed by atoms with E-state index in [9.17, 15) is 19.2 Å². The fraction of sp³-hybridized carbons (Fsp3) is 0.647. The van der Waals surface area contributed by atoms with Crippen LogP contribution in [0.25, 0.3) is 0 Å². The Morgan fingerprint density at radius 3 is 2.29 bits per heavy atom. The molecule has 3 amide bonds. The molecule has 1 saturated heterocycles. The van der Waals surface area contributed by atoms with E-state index >= 15 is 0 Å². The Bertz CT molecular complexity index is 570. The van der Waals surface area contributed by atoms with E-state index in [1.54, 1.807) is 0 Å². The molecule has 130 valence electrons. The molecule has 3 aliphatic rings. The Balaban J connectivity index is 1.42. The predicted molar refractivity (Wildman–Crippen MR) is 83.6 cm³/mol. The molecule has 7 heteroatoms. The van der Waals surface area contributed by atoms with Crippen molar-refractivity contribution in [1.82, 2.24) is 10.2 Å². The van der Waals surface area contributed by atoms with Gasteiger partial charge in [-0.2, -0.15) is 0 Å². The molecular formula is C17H22N2O5. The molecule has 0 aromatic rings. The molecule has 2 fully saturated rings. The van der Waals surface area contributed by atoms with Gasteiger partial charge in [-0.3, -0.25) is 24.1 Å². The van der Waals surface area contributed by atoms with Gasteiger partial charge < -0.3 is 10.4 Å². The maximum absolute atomic E-state index is 12.4. The number of hydrogen-bond acceptors (Lipinski definition) is 4. The number of nitrogens with one attached hydrogen (secondary N) is 1. The number of likely N-dealkylation sites (tertiary alicyclic amines) is 1. The number of fused-ring (bicyclic) bond motifs is 5. The summed E-state index contributed by atoms with van der Waals surface area (Å²) in [4.78, 5) is 48.3. The number of allylic oxidation sites excluding steroid dienone is 2. The lowest BCUT2D eigenvalue weighted by Gasteiger charge is -2.16. The van der Waals surface area contributed by atoms with Crippen molar-refractivity contribution < 1.29 is 24.3 Å². The number of hydrogen-bond donors (Lipinski definition) is 2. The number of carboxylic acid groups (broad SMARTS) is 1. The standard InChI is InChI=1S/C17H22N2O5/c20-12(18-7-3-1-2-4-13(21)22)9-19-16(23)14-10-5-6-11(8-10)15(14)17(19)24/h5-6,10-11,14-15H,1-4,7-9H2,(H,18,20)(H,21,22)/t10?,11?,14-,15?/m0/s1. The molecule has 0 radical (unpaired) electrons. The van der Waals surface area contributed by atoms with E-state index in [4.69, 9.17) is 5.11 Å². The summed E-state index contributed by atoms with van der Waals surface area (Å²) in [6, 6.07) is 0. The minimum atomic E-state index is -0.820. The molecule has 3 unspecified atom stereocenters. The molecule has 2 N–H and O–H groups in total. The molecule has 1 heterocycles. The van der Waals surface area contributed by atoms with E-state index in [0.717, 1.165) is 11.3 Å². The second kappa shape index (κ2) is 6.75. The Morgan fingerprint density at radius 1 is 1.08 bits per heavy atom. The molecule has 0 aromatic carbocycles. The number of imide groups is 1. The average Bonchev–Trinajstić information content (AvgIpc) is 3.20. The quantitative estimate of drug-likeness (QED) is 0.383. The number of carbonyl (C=O) groups excluding carboxylic acids is 3. The minimum absolute atomic E-state index is 0.129. The van der Waals surface area contributed by atoms with E-state index in [1.165, 1.54) is 0 Å². The van der Waals surface area contributed by atoms with Crippen LogP contribution >= 0.6 is 0 Å². The second-order valence-electron chi connectivity index (χ2n) is 6.82. The second-order valence-corrected chi connectivity index (χ2v) is 6.82. The Kier molecular flexibility index (Phi) is 4.69. The fourth-order valence-electron chi connectivity index (χ4n) is 4.13. The summed E-state index contributed by atoms with van der Waals surface area (Å²) in [5.74, 6) is -1.81. The van der Waals surface area contributed by atoms with Crippen LogP contribution in [-0.2, 0) is 19.2 Å². The van der Waals surface area contributed by atoms with Crippen molar-refractivity contribution in [3.63, 3.8) is 0 Å². The van der Waals surface area contributed by atoms with Crippen molar-refractivity contribution in [1.29, 1.82) is 0 Å². The number of nitrogens with zero attached hydrogens (tertiary/aromatic N) is 1. The van der Waals surface area contributed by atoms with Gasteiger partial charge in [0.15, 0.2) is 0 Å². The van der Waals surface area contributed by atoms with E-state index in [2.05, 4.69) is 5.32 Å². The lowest BCUT2D eigenvalue weighted by molar-refractivity contribution is -0.144. The smallest absolute Gasteiger partial charge is 0.303 e. The van der Waals surface area contributed by atoms with E-state index in [0.29, 0.717) is 25.8 Å². The summed E-state index contributed by atoms with van der Waals surface area (Å²) < 4.78 is 0. The molecule has 1 saturated carbocycles. The van der Waals surface area contributed by atoms with Crippen LogP contribution < -0.4 is 5.32 Å². The first kappa shape index (κ1) is 16.7. The van der Waals surface area contributed by atoms with Crippen LogP contribution in [0.4, 0.5) is 0 Å². The van der Waals surface area contributed by atoms with Gasteiger partial charge in [0.05, 0.1) is 11.8 Å². The first-order valence-corrected chi connectivity index (χ1v) is 8.51. The zero-order chi connectivity index (χ0) is 17.3. The molecule has 2 aliphatic carbocycles. The zero-order valence-electron chi connectivity index (χ0n) is 13.4. The summed E-state index contributed by atoms with van der Waals surface area (Å²) >= 11 is 0. The van der Waals surface area contributed by atoms with Crippen LogP contribution in [0.3, 0.4) is 0 Å². The predicted octanol–water partition coefficient (Wildman–Crippen LogP) is 0.555. The number of carboxylic acids is 1. The molecule has 4 atom stereocenters. The number of rotatable bonds is 8. The van der Waals surface area contributed by atoms with Crippen LogP contribution in [-0.4, -0.2) is 46.8 Å². The minimum Gasteiger partial charge on any atom is -0.481 e. The van der Waals surface area contributed by atoms with Gasteiger partial charge in [-0.15, -0.1) is 0 Å². The topological polar surface area (TPSA) is 104 Å². The molecule has 3 rings (SSSR count). The molecule has 7 nitrogen and oxygen atoms in total. The highest BCUT2D eigenvalue weighted by Crippen LogP contribution is 2.52. The lowest BCUT2D eigenvalue weighted by atomic mass is 9.85. The van der Waals surface area contributed by atoms with Gasteiger partial charge in [0.25, 0.3) is 0 Å². The van der Waals surface area contributed by atoms with Crippen LogP contribution in [0, 0.1) is 23.7 Å². The summed E-state index contributed by atoms with van der Waals surface area (Å²) in [6.45, 7) is 0.216. The molecule has 24 heavy (non-hydrogen) atoms. The zero-order valence-corrected chi connectivity index (χ0v) is 13.4. The van der Waals surface area contributed by atoms with Gasteiger partial charge in [-0.1, -0.05) is 18.6 Å². The Hall–Kier alpha value is -2.18. The van der Waals surface area contributed by atoms with Crippen LogP contribution in [0.5, 0.6) is 0 Å². The van der Waals surface area contributed by atoms with E-state index in [-0.39, 0.29) is 54.4 Å². The molecular weight excluding hydrogens is 312 g/mol. The Morgan fingerprint density at radius 2 is 1.71 bits per heavy atom. The van der Waals surface area contributed by atoms with Crippen molar-refractivity contribution in [2.24, 2.45) is 23.7 Å². The number of amides is 3. The maximum Gasteiger partial charge on any atom is 0.303 e. The first-order valence-electron chi connectivity index (χ1n) is 8.51. The van der Waals surface area contributed by atoms with Gasteiger partial charge >= 0.3 is 5.97 Å². The third kappa shape index (κ3) is 3.07. The number of aliphatic carboxylic acids is 1. The van der Waals surface area contributed by atoms with Crippen LogP contribution in [0.2, 0.25) is 0 Å². The normalized spacial score (nSPS) is 30.1. The van der Waals surface area contributed by atoms with Gasteiger partial charge in [-0.25, -0.2) is 0 Å². The maximum atomic E-state index is 12.4. The third-order valence-corrected chi connectivity index (χ3v) is 5.25. The van der Waals surface area contributed by atoms with Crippen molar-refractivity contribution in [2.45, 2.75) is 32.1 Å². The monoisotopic (exact) mass is 334 g/mol. The number of carbonyl (C=O) groups is 4.